The molecule has 3 aromatic rings. The first-order valence-electron chi connectivity index (χ1n) is 6.07. The molecular formula is C13H11FN4O2S. The minimum absolute atomic E-state index is 0.126. The van der Waals surface area contributed by atoms with Crippen molar-refractivity contribution in [1.29, 1.82) is 0 Å². The summed E-state index contributed by atoms with van der Waals surface area (Å²) < 4.78 is 16.7. The molecule has 3 rings (SSSR count). The average molecular weight is 306 g/mol. The zero-order valence-corrected chi connectivity index (χ0v) is 11.8. The van der Waals surface area contributed by atoms with E-state index in [0.717, 1.165) is 11.8 Å². The van der Waals surface area contributed by atoms with E-state index in [2.05, 4.69) is 10.1 Å². The van der Waals surface area contributed by atoms with Crippen molar-refractivity contribution < 1.29 is 14.3 Å². The fourth-order valence-electron chi connectivity index (χ4n) is 2.00. The first kappa shape index (κ1) is 13.6. The highest BCUT2D eigenvalue weighted by molar-refractivity contribution is 7.99. The van der Waals surface area contributed by atoms with Gasteiger partial charge in [-0.15, -0.1) is 0 Å². The van der Waals surface area contributed by atoms with Crippen LogP contribution in [0.5, 0.6) is 0 Å². The van der Waals surface area contributed by atoms with Crippen LogP contribution in [0.1, 0.15) is 0 Å². The van der Waals surface area contributed by atoms with Crippen LogP contribution in [0.3, 0.4) is 0 Å². The smallest absolute Gasteiger partial charge is 0.313 e. The van der Waals surface area contributed by atoms with Crippen LogP contribution in [0.2, 0.25) is 0 Å². The maximum absolute atomic E-state index is 13.3. The monoisotopic (exact) mass is 306 g/mol. The Morgan fingerprint density at radius 1 is 1.43 bits per heavy atom. The first-order chi connectivity index (χ1) is 10.0. The molecule has 0 amide bonds. The lowest BCUT2D eigenvalue weighted by Gasteiger charge is -2.04. The van der Waals surface area contributed by atoms with Gasteiger partial charge in [0.05, 0.1) is 16.8 Å². The number of hydrogen-bond donors (Lipinski definition) is 1. The number of hydrogen-bond acceptors (Lipinski definition) is 4. The molecule has 0 radical (unpaired) electrons. The average Bonchev–Trinajstić information content (AvgIpc) is 2.98. The second-order valence-corrected chi connectivity index (χ2v) is 5.34. The van der Waals surface area contributed by atoms with Crippen LogP contribution < -0.4 is 0 Å². The van der Waals surface area contributed by atoms with E-state index in [4.69, 9.17) is 5.11 Å². The molecule has 0 spiro atoms. The zero-order chi connectivity index (χ0) is 15.0. The Labute approximate surface area is 123 Å². The summed E-state index contributed by atoms with van der Waals surface area (Å²) in [6.45, 7) is 0. The van der Waals surface area contributed by atoms with E-state index in [9.17, 15) is 9.18 Å². The van der Waals surface area contributed by atoms with Crippen molar-refractivity contribution in [2.75, 3.05) is 5.75 Å². The van der Waals surface area contributed by atoms with Gasteiger partial charge in [0, 0.05) is 25.4 Å². The highest BCUT2D eigenvalue weighted by atomic mass is 32.2. The lowest BCUT2D eigenvalue weighted by molar-refractivity contribution is -0.133. The van der Waals surface area contributed by atoms with Gasteiger partial charge in [0.25, 0.3) is 0 Å². The van der Waals surface area contributed by atoms with Crippen LogP contribution in [-0.2, 0) is 11.8 Å². The van der Waals surface area contributed by atoms with Crippen LogP contribution in [0.15, 0.2) is 35.6 Å². The molecular weight excluding hydrogens is 295 g/mol. The Balaban J connectivity index is 2.17. The second-order valence-electron chi connectivity index (χ2n) is 4.39. The molecule has 8 heteroatoms. The van der Waals surface area contributed by atoms with E-state index in [1.165, 1.54) is 12.1 Å². The van der Waals surface area contributed by atoms with Gasteiger partial charge < -0.3 is 5.11 Å². The molecule has 0 aliphatic rings. The summed E-state index contributed by atoms with van der Waals surface area (Å²) in [5.41, 5.74) is 1.15. The zero-order valence-electron chi connectivity index (χ0n) is 11.0. The van der Waals surface area contributed by atoms with Gasteiger partial charge in [-0.1, -0.05) is 11.8 Å². The van der Waals surface area contributed by atoms with Gasteiger partial charge >= 0.3 is 5.97 Å². The molecule has 1 aromatic carbocycles. The third-order valence-electron chi connectivity index (χ3n) is 2.84. The van der Waals surface area contributed by atoms with Crippen LogP contribution in [-0.4, -0.2) is 36.2 Å². The standard InChI is InChI=1S/C13H11FN4O2S/c1-17-5-4-11(16-17)18-10-3-2-8(14)6-9(10)15-13(18)21-7-12(19)20/h2-6H,7H2,1H3,(H,19,20). The summed E-state index contributed by atoms with van der Waals surface area (Å²) >= 11 is 1.07. The number of carboxylic acid groups (broad SMARTS) is 1. The Kier molecular flexibility index (Phi) is 3.38. The van der Waals surface area contributed by atoms with Gasteiger partial charge in [0.1, 0.15) is 5.82 Å². The van der Waals surface area contributed by atoms with Crippen molar-refractivity contribution >= 4 is 28.8 Å². The fourth-order valence-corrected chi connectivity index (χ4v) is 2.73. The van der Waals surface area contributed by atoms with E-state index < -0.39 is 5.97 Å². The minimum atomic E-state index is -0.939. The van der Waals surface area contributed by atoms with Crippen molar-refractivity contribution in [2.24, 2.45) is 7.05 Å². The molecule has 0 fully saturated rings. The molecule has 0 bridgehead atoms. The SMILES string of the molecule is Cn1ccc(-n2c(SCC(=O)O)nc3cc(F)ccc32)n1. The number of aromatic nitrogens is 4. The number of thioether (sulfide) groups is 1. The Bertz CT molecular complexity index is 827. The fraction of sp³-hybridized carbons (Fsp3) is 0.154. The number of imidazole rings is 1. The molecule has 21 heavy (non-hydrogen) atoms. The number of fused-ring (bicyclic) bond motifs is 1. The molecule has 1 N–H and O–H groups in total. The minimum Gasteiger partial charge on any atom is -0.481 e. The molecule has 6 nitrogen and oxygen atoms in total. The summed E-state index contributed by atoms with van der Waals surface area (Å²) in [6.07, 6.45) is 1.77. The molecule has 0 aliphatic carbocycles. The summed E-state index contributed by atoms with van der Waals surface area (Å²) in [5.74, 6) is -0.841. The Hall–Kier alpha value is -2.35. The van der Waals surface area contributed by atoms with Gasteiger partial charge in [-0.3, -0.25) is 14.0 Å². The Morgan fingerprint density at radius 2 is 2.24 bits per heavy atom. The summed E-state index contributed by atoms with van der Waals surface area (Å²) in [6, 6.07) is 6.06. The topological polar surface area (TPSA) is 72.9 Å². The number of aliphatic carboxylic acids is 1. The van der Waals surface area contributed by atoms with E-state index in [-0.39, 0.29) is 11.6 Å². The Morgan fingerprint density at radius 3 is 2.90 bits per heavy atom. The summed E-state index contributed by atoms with van der Waals surface area (Å²) in [5, 5.41) is 13.6. The van der Waals surface area contributed by atoms with Crippen LogP contribution in [0.4, 0.5) is 4.39 Å². The number of halogens is 1. The normalized spacial score (nSPS) is 11.1. The molecule has 0 saturated heterocycles. The number of aryl methyl sites for hydroxylation is 1. The second kappa shape index (κ2) is 5.21. The maximum atomic E-state index is 13.3. The van der Waals surface area contributed by atoms with E-state index >= 15 is 0 Å². The van der Waals surface area contributed by atoms with E-state index in [1.807, 2.05) is 0 Å². The number of rotatable bonds is 4. The molecule has 0 atom stereocenters. The molecule has 0 unspecified atom stereocenters. The summed E-state index contributed by atoms with van der Waals surface area (Å²) in [7, 11) is 1.78. The van der Waals surface area contributed by atoms with Crippen LogP contribution >= 0.6 is 11.8 Å². The number of benzene rings is 1. The van der Waals surface area contributed by atoms with Crippen molar-refractivity contribution in [2.45, 2.75) is 5.16 Å². The number of carboxylic acids is 1. The van der Waals surface area contributed by atoms with Crippen molar-refractivity contribution in [3.05, 3.63) is 36.3 Å². The lowest BCUT2D eigenvalue weighted by atomic mass is 10.3. The number of nitrogens with zero attached hydrogens (tertiary/aromatic N) is 4. The molecule has 108 valence electrons. The summed E-state index contributed by atoms with van der Waals surface area (Å²) in [4.78, 5) is 15.1. The van der Waals surface area contributed by atoms with Gasteiger partial charge in [-0.05, 0) is 12.1 Å². The molecule has 0 aliphatic heterocycles. The third kappa shape index (κ3) is 2.62. The van der Waals surface area contributed by atoms with Gasteiger partial charge in [-0.2, -0.15) is 5.10 Å². The van der Waals surface area contributed by atoms with Crippen molar-refractivity contribution in [3.63, 3.8) is 0 Å². The molecule has 0 saturated carbocycles. The third-order valence-corrected chi connectivity index (χ3v) is 3.76. The van der Waals surface area contributed by atoms with Crippen LogP contribution in [0.25, 0.3) is 16.9 Å². The largest absolute Gasteiger partial charge is 0.481 e. The lowest BCUT2D eigenvalue weighted by Crippen LogP contribution is -2.02. The van der Waals surface area contributed by atoms with Crippen LogP contribution in [0, 0.1) is 5.82 Å². The molecule has 2 aromatic heterocycles. The van der Waals surface area contributed by atoms with Gasteiger partial charge in [0.2, 0.25) is 0 Å². The van der Waals surface area contributed by atoms with E-state index in [1.54, 1.807) is 34.6 Å². The highest BCUT2D eigenvalue weighted by Gasteiger charge is 2.16. The van der Waals surface area contributed by atoms with Gasteiger partial charge in [0.15, 0.2) is 11.0 Å². The predicted molar refractivity (Wildman–Crippen MR) is 76.2 cm³/mol. The number of carbonyl (C=O) groups is 1. The van der Waals surface area contributed by atoms with Crippen molar-refractivity contribution in [3.8, 4) is 5.82 Å². The highest BCUT2D eigenvalue weighted by Crippen LogP contribution is 2.27. The predicted octanol–water partition coefficient (Wildman–Crippen LogP) is 2.07. The maximum Gasteiger partial charge on any atom is 0.313 e. The van der Waals surface area contributed by atoms with E-state index in [0.29, 0.717) is 22.0 Å². The van der Waals surface area contributed by atoms with Gasteiger partial charge in [-0.25, -0.2) is 9.37 Å². The van der Waals surface area contributed by atoms with Crippen molar-refractivity contribution in [1.82, 2.24) is 19.3 Å². The quantitative estimate of drug-likeness (QED) is 0.747. The first-order valence-corrected chi connectivity index (χ1v) is 7.06. The molecule has 2 heterocycles.